The van der Waals surface area contributed by atoms with Gasteiger partial charge < -0.3 is 4.90 Å². The van der Waals surface area contributed by atoms with E-state index in [1.165, 1.54) is 17.4 Å². The SMILES string of the molecule is CCN(CC)c1ccc(N=C2C(C(C)(C)C)=Nn3nc(SC)nc32)c(C)c1. The first-order chi connectivity index (χ1) is 12.8. The number of aliphatic imine (C=N–C) groups is 1. The minimum atomic E-state index is -0.143. The van der Waals surface area contributed by atoms with Crippen LogP contribution in [0.1, 0.15) is 46.0 Å². The predicted molar refractivity (Wildman–Crippen MR) is 115 cm³/mol. The number of nitrogens with zero attached hydrogens (tertiary/aromatic N) is 6. The van der Waals surface area contributed by atoms with Crippen LogP contribution in [0.4, 0.5) is 11.4 Å². The maximum atomic E-state index is 4.98. The third-order valence-corrected chi connectivity index (χ3v) is 5.17. The molecule has 0 unspecified atom stereocenters. The second kappa shape index (κ2) is 7.46. The third kappa shape index (κ3) is 3.78. The highest BCUT2D eigenvalue weighted by atomic mass is 32.2. The molecule has 27 heavy (non-hydrogen) atoms. The monoisotopic (exact) mass is 384 g/mol. The number of aromatic nitrogens is 3. The molecule has 3 rings (SSSR count). The smallest absolute Gasteiger partial charge is 0.210 e. The first-order valence-electron chi connectivity index (χ1n) is 9.34. The summed E-state index contributed by atoms with van der Waals surface area (Å²) in [5.74, 6) is 0.719. The largest absolute Gasteiger partial charge is 0.372 e. The second-order valence-electron chi connectivity index (χ2n) is 7.61. The summed E-state index contributed by atoms with van der Waals surface area (Å²) in [6.45, 7) is 14.9. The van der Waals surface area contributed by atoms with E-state index in [-0.39, 0.29) is 5.41 Å². The first-order valence-corrected chi connectivity index (χ1v) is 10.6. The highest BCUT2D eigenvalue weighted by Gasteiger charge is 2.34. The molecule has 6 nitrogen and oxygen atoms in total. The topological polar surface area (TPSA) is 58.7 Å². The summed E-state index contributed by atoms with van der Waals surface area (Å²) in [7, 11) is 0. The van der Waals surface area contributed by atoms with E-state index in [1.807, 2.05) is 6.26 Å². The van der Waals surface area contributed by atoms with Crippen LogP contribution in [0.2, 0.25) is 0 Å². The molecule has 0 saturated carbocycles. The van der Waals surface area contributed by atoms with Crippen molar-refractivity contribution in [1.82, 2.24) is 14.9 Å². The number of thioether (sulfide) groups is 1. The number of benzene rings is 1. The number of hydrogen-bond acceptors (Lipinski definition) is 6. The van der Waals surface area contributed by atoms with E-state index in [2.05, 4.69) is 79.8 Å². The molecule has 0 spiro atoms. The molecule has 1 aliphatic heterocycles. The number of fused-ring (bicyclic) bond motifs is 1. The molecule has 1 aromatic heterocycles. The molecule has 2 heterocycles. The summed E-state index contributed by atoms with van der Waals surface area (Å²) in [4.78, 5) is 13.5. The number of aryl methyl sites for hydroxylation is 1. The minimum Gasteiger partial charge on any atom is -0.372 e. The second-order valence-corrected chi connectivity index (χ2v) is 8.39. The molecule has 0 radical (unpaired) electrons. The Morgan fingerprint density at radius 2 is 1.89 bits per heavy atom. The van der Waals surface area contributed by atoms with Gasteiger partial charge in [-0.2, -0.15) is 10.1 Å². The maximum Gasteiger partial charge on any atom is 0.210 e. The summed E-state index contributed by atoms with van der Waals surface area (Å²) in [5, 5.41) is 9.83. The van der Waals surface area contributed by atoms with E-state index in [1.54, 1.807) is 4.79 Å². The Bertz CT molecular complexity index is 900. The van der Waals surface area contributed by atoms with Gasteiger partial charge in [-0.05, 0) is 50.8 Å². The maximum absolute atomic E-state index is 4.98. The quantitative estimate of drug-likeness (QED) is 0.710. The Balaban J connectivity index is 2.07. The average molecular weight is 385 g/mol. The van der Waals surface area contributed by atoms with Gasteiger partial charge in [0.1, 0.15) is 5.71 Å². The van der Waals surface area contributed by atoms with Crippen molar-refractivity contribution >= 4 is 34.6 Å². The van der Waals surface area contributed by atoms with Crippen molar-refractivity contribution in [3.63, 3.8) is 0 Å². The van der Waals surface area contributed by atoms with E-state index in [0.717, 1.165) is 41.6 Å². The summed E-state index contributed by atoms with van der Waals surface area (Å²) in [6, 6.07) is 6.43. The van der Waals surface area contributed by atoms with Gasteiger partial charge in [0.25, 0.3) is 0 Å². The number of hydrogen-bond donors (Lipinski definition) is 0. The molecule has 0 N–H and O–H groups in total. The molecular formula is C20H28N6S. The Labute approximate surface area is 165 Å². The molecule has 0 amide bonds. The van der Waals surface area contributed by atoms with Crippen LogP contribution in [-0.2, 0) is 0 Å². The van der Waals surface area contributed by atoms with Gasteiger partial charge in [-0.1, -0.05) is 32.5 Å². The van der Waals surface area contributed by atoms with Crippen molar-refractivity contribution in [3.8, 4) is 0 Å². The molecule has 2 aromatic rings. The van der Waals surface area contributed by atoms with Gasteiger partial charge in [-0.25, -0.2) is 4.99 Å². The third-order valence-electron chi connectivity index (χ3n) is 4.64. The molecule has 1 aliphatic rings. The zero-order valence-corrected chi connectivity index (χ0v) is 18.1. The van der Waals surface area contributed by atoms with Gasteiger partial charge in [0.15, 0.2) is 0 Å². The Kier molecular flexibility index (Phi) is 5.42. The summed E-state index contributed by atoms with van der Waals surface area (Å²) < 4.78 is 0. The van der Waals surface area contributed by atoms with Gasteiger partial charge in [-0.3, -0.25) is 0 Å². The molecule has 0 aliphatic carbocycles. The Hall–Kier alpha value is -2.15. The van der Waals surface area contributed by atoms with Crippen LogP contribution < -0.4 is 4.90 Å². The molecule has 144 valence electrons. The fraction of sp³-hybridized carbons (Fsp3) is 0.500. The number of anilines is 1. The lowest BCUT2D eigenvalue weighted by atomic mass is 9.87. The standard InChI is InChI=1S/C20H28N6S/c1-8-25(9-2)14-10-11-15(13(3)12-14)21-16-17(20(4,5)6)23-26-18(16)22-19(24-26)27-7/h10-12H,8-9H2,1-7H3. The fourth-order valence-corrected chi connectivity index (χ4v) is 3.45. The van der Waals surface area contributed by atoms with Crippen LogP contribution in [-0.4, -0.2) is 45.6 Å². The molecule has 1 aromatic carbocycles. The molecule has 7 heteroatoms. The lowest BCUT2D eigenvalue weighted by Crippen LogP contribution is -2.27. The van der Waals surface area contributed by atoms with E-state index in [4.69, 9.17) is 4.99 Å². The van der Waals surface area contributed by atoms with Crippen LogP contribution in [0.25, 0.3) is 0 Å². The Morgan fingerprint density at radius 3 is 2.44 bits per heavy atom. The molecule has 0 atom stereocenters. The molecule has 0 fully saturated rings. The van der Waals surface area contributed by atoms with Crippen LogP contribution in [0.5, 0.6) is 0 Å². The summed E-state index contributed by atoms with van der Waals surface area (Å²) in [5.41, 5.74) is 4.90. The van der Waals surface area contributed by atoms with E-state index < -0.39 is 0 Å². The summed E-state index contributed by atoms with van der Waals surface area (Å²) >= 11 is 1.51. The Morgan fingerprint density at radius 1 is 1.19 bits per heavy atom. The molecule has 0 saturated heterocycles. The molecule has 0 bridgehead atoms. The van der Waals surface area contributed by atoms with Crippen LogP contribution in [0, 0.1) is 12.3 Å². The highest BCUT2D eigenvalue weighted by molar-refractivity contribution is 7.98. The van der Waals surface area contributed by atoms with Gasteiger partial charge in [0.2, 0.25) is 11.0 Å². The van der Waals surface area contributed by atoms with Crippen molar-refractivity contribution in [2.75, 3.05) is 24.2 Å². The van der Waals surface area contributed by atoms with Crippen LogP contribution >= 0.6 is 11.8 Å². The zero-order valence-electron chi connectivity index (χ0n) is 17.2. The highest BCUT2D eigenvalue weighted by Crippen LogP contribution is 2.30. The lowest BCUT2D eigenvalue weighted by molar-refractivity contribution is 0.588. The van der Waals surface area contributed by atoms with Crippen molar-refractivity contribution in [1.29, 1.82) is 0 Å². The van der Waals surface area contributed by atoms with E-state index in [0.29, 0.717) is 5.16 Å². The van der Waals surface area contributed by atoms with Crippen molar-refractivity contribution in [3.05, 3.63) is 29.6 Å². The van der Waals surface area contributed by atoms with E-state index >= 15 is 0 Å². The first kappa shape index (κ1) is 19.6. The van der Waals surface area contributed by atoms with Gasteiger partial charge in [0.05, 0.1) is 11.4 Å². The fourth-order valence-electron chi connectivity index (χ4n) is 3.12. The van der Waals surface area contributed by atoms with Gasteiger partial charge >= 0.3 is 0 Å². The normalized spacial score (nSPS) is 15.2. The van der Waals surface area contributed by atoms with Crippen LogP contribution in [0.15, 0.2) is 33.4 Å². The van der Waals surface area contributed by atoms with Crippen LogP contribution in [0.3, 0.4) is 0 Å². The van der Waals surface area contributed by atoms with E-state index in [9.17, 15) is 0 Å². The number of rotatable bonds is 5. The minimum absolute atomic E-state index is 0.143. The summed E-state index contributed by atoms with van der Waals surface area (Å²) in [6.07, 6.45) is 1.96. The zero-order chi connectivity index (χ0) is 19.8. The van der Waals surface area contributed by atoms with Crippen molar-refractivity contribution in [2.24, 2.45) is 15.5 Å². The van der Waals surface area contributed by atoms with Gasteiger partial charge in [-0.15, -0.1) is 9.89 Å². The molecular weight excluding hydrogens is 356 g/mol. The lowest BCUT2D eigenvalue weighted by Gasteiger charge is -2.22. The van der Waals surface area contributed by atoms with Crippen molar-refractivity contribution < 1.29 is 0 Å². The predicted octanol–water partition coefficient (Wildman–Crippen LogP) is 4.54. The van der Waals surface area contributed by atoms with Gasteiger partial charge in [0, 0.05) is 24.2 Å². The van der Waals surface area contributed by atoms with Crippen molar-refractivity contribution in [2.45, 2.75) is 46.7 Å². The average Bonchev–Trinajstić information content (AvgIpc) is 3.16.